The van der Waals surface area contributed by atoms with Crippen molar-refractivity contribution >= 4 is 17.9 Å². The number of carbonyl (C=O) groups excluding carboxylic acids is 3. The molecule has 1 spiro atoms. The lowest BCUT2D eigenvalue weighted by Gasteiger charge is -2.60. The van der Waals surface area contributed by atoms with Crippen molar-refractivity contribution in [3.63, 3.8) is 0 Å². The van der Waals surface area contributed by atoms with E-state index in [1.54, 1.807) is 12.2 Å². The van der Waals surface area contributed by atoms with E-state index in [1.165, 1.54) is 13.8 Å². The topological polar surface area (TPSA) is 108 Å². The molecule has 0 bridgehead atoms. The van der Waals surface area contributed by atoms with Gasteiger partial charge in [-0.1, -0.05) is 45.6 Å². The van der Waals surface area contributed by atoms with Crippen molar-refractivity contribution in [1.82, 2.24) is 0 Å². The summed E-state index contributed by atoms with van der Waals surface area (Å²) >= 11 is 0. The van der Waals surface area contributed by atoms with Crippen molar-refractivity contribution in [1.29, 1.82) is 0 Å². The van der Waals surface area contributed by atoms with Crippen LogP contribution in [0.2, 0.25) is 0 Å². The number of carbonyl (C=O) groups is 3. The van der Waals surface area contributed by atoms with Crippen LogP contribution in [0, 0.1) is 22.7 Å². The molecule has 36 heavy (non-hydrogen) atoms. The smallest absolute Gasteiger partial charge is 0.306 e. The normalized spacial score (nSPS) is 37.1. The van der Waals surface area contributed by atoms with Crippen LogP contribution in [-0.4, -0.2) is 47.8 Å². The van der Waals surface area contributed by atoms with Gasteiger partial charge in [0.2, 0.25) is 12.6 Å². The van der Waals surface area contributed by atoms with Crippen LogP contribution >= 0.6 is 0 Å². The molecule has 1 N–H and O–H groups in total. The first-order valence-electron chi connectivity index (χ1n) is 12.8. The van der Waals surface area contributed by atoms with Gasteiger partial charge in [0.25, 0.3) is 0 Å². The fourth-order valence-electron chi connectivity index (χ4n) is 6.48. The number of esters is 3. The van der Waals surface area contributed by atoms with Crippen LogP contribution in [0.25, 0.3) is 0 Å². The summed E-state index contributed by atoms with van der Waals surface area (Å²) in [6, 6.07) is 0. The Morgan fingerprint density at radius 3 is 2.42 bits per heavy atom. The van der Waals surface area contributed by atoms with Crippen LogP contribution in [0.15, 0.2) is 36.5 Å². The van der Waals surface area contributed by atoms with Gasteiger partial charge in [-0.2, -0.15) is 0 Å². The Bertz CT molecular complexity index is 938. The molecule has 1 saturated heterocycles. The summed E-state index contributed by atoms with van der Waals surface area (Å²) in [5, 5.41) is 11.0. The van der Waals surface area contributed by atoms with Crippen molar-refractivity contribution in [2.24, 2.45) is 22.7 Å². The number of hydrogen-bond acceptors (Lipinski definition) is 8. The first-order valence-corrected chi connectivity index (χ1v) is 12.8. The van der Waals surface area contributed by atoms with Gasteiger partial charge in [-0.3, -0.25) is 19.1 Å². The molecule has 3 aliphatic rings. The van der Waals surface area contributed by atoms with E-state index >= 15 is 0 Å². The number of aliphatic hydroxyl groups excluding tert-OH is 1. The summed E-state index contributed by atoms with van der Waals surface area (Å²) < 4.78 is 23.4. The van der Waals surface area contributed by atoms with Gasteiger partial charge < -0.3 is 19.3 Å². The second-order valence-corrected chi connectivity index (χ2v) is 10.7. The second kappa shape index (κ2) is 10.9. The average Bonchev–Trinajstić information content (AvgIpc) is 3.07. The van der Waals surface area contributed by atoms with E-state index < -0.39 is 42.1 Å². The van der Waals surface area contributed by atoms with Gasteiger partial charge in [0.15, 0.2) is 0 Å². The third-order valence-electron chi connectivity index (χ3n) is 8.39. The molecule has 1 heterocycles. The summed E-state index contributed by atoms with van der Waals surface area (Å²) in [4.78, 5) is 37.0. The van der Waals surface area contributed by atoms with Gasteiger partial charge >= 0.3 is 17.9 Å². The molecule has 1 aliphatic heterocycles. The van der Waals surface area contributed by atoms with Crippen molar-refractivity contribution in [3.8, 4) is 0 Å². The molecule has 0 radical (unpaired) electrons. The third-order valence-corrected chi connectivity index (χ3v) is 8.39. The molecule has 3 rings (SSSR count). The SMILES string of the molecule is C=CC(=C)CC[C@]1(C)[C@H]2C[C@H](O)C=C3[C@H](OC(C)=O)O[C@H](OC(C)=O)[C@@]32[C@H](OC(=O)CCC)C[C@@H]1C. The van der Waals surface area contributed by atoms with E-state index in [4.69, 9.17) is 18.9 Å². The predicted octanol–water partition coefficient (Wildman–Crippen LogP) is 4.37. The zero-order valence-electron chi connectivity index (χ0n) is 22.1. The molecule has 8 atom stereocenters. The van der Waals surface area contributed by atoms with E-state index in [0.717, 1.165) is 12.0 Å². The highest BCUT2D eigenvalue weighted by Gasteiger charge is 2.72. The van der Waals surface area contributed by atoms with Gasteiger partial charge in [0.05, 0.1) is 6.10 Å². The zero-order chi connectivity index (χ0) is 26.8. The maximum atomic E-state index is 12.8. The van der Waals surface area contributed by atoms with Gasteiger partial charge in [-0.05, 0) is 55.4 Å². The van der Waals surface area contributed by atoms with Crippen LogP contribution in [-0.2, 0) is 33.3 Å². The third kappa shape index (κ3) is 5.02. The quantitative estimate of drug-likeness (QED) is 0.213. The van der Waals surface area contributed by atoms with Crippen molar-refractivity contribution < 1.29 is 38.4 Å². The molecule has 1 saturated carbocycles. The van der Waals surface area contributed by atoms with Crippen LogP contribution < -0.4 is 0 Å². The average molecular weight is 505 g/mol. The lowest BCUT2D eigenvalue weighted by atomic mass is 9.45. The lowest BCUT2D eigenvalue weighted by molar-refractivity contribution is -0.257. The molecule has 0 amide bonds. The number of rotatable bonds is 9. The Kier molecular flexibility index (Phi) is 8.51. The van der Waals surface area contributed by atoms with Crippen LogP contribution in [0.3, 0.4) is 0 Å². The largest absolute Gasteiger partial charge is 0.461 e. The number of ether oxygens (including phenoxy) is 4. The van der Waals surface area contributed by atoms with E-state index in [0.29, 0.717) is 31.3 Å². The molecular formula is C28H40O8. The second-order valence-electron chi connectivity index (χ2n) is 10.7. The van der Waals surface area contributed by atoms with Gasteiger partial charge in [-0.25, -0.2) is 0 Å². The number of aliphatic hydroxyl groups is 1. The highest BCUT2D eigenvalue weighted by molar-refractivity contribution is 5.70. The summed E-state index contributed by atoms with van der Waals surface area (Å²) in [5.74, 6) is -1.73. The fraction of sp³-hybridized carbons (Fsp3) is 0.679. The minimum atomic E-state index is -1.17. The molecule has 0 aromatic heterocycles. The Morgan fingerprint density at radius 2 is 1.83 bits per heavy atom. The van der Waals surface area contributed by atoms with Crippen LogP contribution in [0.5, 0.6) is 0 Å². The van der Waals surface area contributed by atoms with Crippen LogP contribution in [0.4, 0.5) is 0 Å². The van der Waals surface area contributed by atoms with E-state index in [1.807, 2.05) is 6.92 Å². The molecule has 0 unspecified atom stereocenters. The summed E-state index contributed by atoms with van der Waals surface area (Å²) in [6.07, 6.45) is 2.63. The van der Waals surface area contributed by atoms with Crippen molar-refractivity contribution in [3.05, 3.63) is 36.5 Å². The summed E-state index contributed by atoms with van der Waals surface area (Å²) in [6.45, 7) is 16.6. The Hall–Kier alpha value is -2.45. The molecule has 0 aromatic rings. The van der Waals surface area contributed by atoms with E-state index in [2.05, 4.69) is 27.0 Å². The molecule has 2 aliphatic carbocycles. The van der Waals surface area contributed by atoms with Crippen LogP contribution in [0.1, 0.15) is 73.1 Å². The minimum absolute atomic E-state index is 0.0856. The monoisotopic (exact) mass is 504 g/mol. The van der Waals surface area contributed by atoms with E-state index in [9.17, 15) is 19.5 Å². The first kappa shape index (κ1) is 28.1. The molecule has 200 valence electrons. The molecule has 2 fully saturated rings. The molecule has 8 nitrogen and oxygen atoms in total. The van der Waals surface area contributed by atoms with Gasteiger partial charge in [-0.15, -0.1) is 0 Å². The maximum Gasteiger partial charge on any atom is 0.306 e. The highest BCUT2D eigenvalue weighted by atomic mass is 16.8. The summed E-state index contributed by atoms with van der Waals surface area (Å²) in [5.41, 5.74) is -0.112. The van der Waals surface area contributed by atoms with Gasteiger partial charge in [0, 0.05) is 25.8 Å². The Morgan fingerprint density at radius 1 is 1.17 bits per heavy atom. The van der Waals surface area contributed by atoms with Crippen molar-refractivity contribution in [2.75, 3.05) is 0 Å². The molecule has 0 aromatic carbocycles. The minimum Gasteiger partial charge on any atom is -0.461 e. The standard InChI is InChI=1S/C28H40O8/c1-8-10-24(32)35-23-13-17(4)27(7,12-11-16(3)9-2)22-15-20(31)14-21-25(33-18(5)29)36-26(28(21,22)23)34-19(6)30/h9,14,17,20,22-23,25-26,31H,2-3,8,10-13,15H2,1,4-7H3/t17-,20+,22+,23+,25+,26-,27-,28-/m0/s1. The summed E-state index contributed by atoms with van der Waals surface area (Å²) in [7, 11) is 0. The Labute approximate surface area is 213 Å². The number of hydrogen-bond donors (Lipinski definition) is 1. The first-order chi connectivity index (χ1) is 16.9. The zero-order valence-corrected chi connectivity index (χ0v) is 22.1. The fourth-order valence-corrected chi connectivity index (χ4v) is 6.48. The Balaban J connectivity index is 2.22. The maximum absolute atomic E-state index is 12.8. The predicted molar refractivity (Wildman–Crippen MR) is 132 cm³/mol. The highest BCUT2D eigenvalue weighted by Crippen LogP contribution is 2.67. The lowest BCUT2D eigenvalue weighted by Crippen LogP contribution is -2.63. The molecular weight excluding hydrogens is 464 g/mol. The number of allylic oxidation sites excluding steroid dienone is 2. The van der Waals surface area contributed by atoms with E-state index in [-0.39, 0.29) is 29.6 Å². The van der Waals surface area contributed by atoms with Gasteiger partial charge in [0.1, 0.15) is 11.5 Å². The molecule has 8 heteroatoms. The van der Waals surface area contributed by atoms with Crippen molar-refractivity contribution in [2.45, 2.75) is 97.9 Å².